The van der Waals surface area contributed by atoms with Gasteiger partial charge in [0, 0.05) is 15.5 Å². The average molecular weight is 378 g/mol. The van der Waals surface area contributed by atoms with E-state index in [1.165, 1.54) is 0 Å². The van der Waals surface area contributed by atoms with Gasteiger partial charge in [-0.3, -0.25) is 4.79 Å². The van der Waals surface area contributed by atoms with Crippen LogP contribution in [0.15, 0.2) is 88.7 Å². The third-order valence-electron chi connectivity index (χ3n) is 4.00. The summed E-state index contributed by atoms with van der Waals surface area (Å²) in [4.78, 5) is 14.8. The van der Waals surface area contributed by atoms with Crippen LogP contribution in [-0.2, 0) is 11.4 Å². The number of carbonyl (C=O) groups excluding carboxylic acids is 1. The number of hydrogen-bond acceptors (Lipinski definition) is 4. The van der Waals surface area contributed by atoms with Gasteiger partial charge in [-0.2, -0.15) is 0 Å². The van der Waals surface area contributed by atoms with E-state index in [1.807, 2.05) is 85.8 Å². The molecule has 138 valence electrons. The number of para-hydroxylation sites is 1. The summed E-state index contributed by atoms with van der Waals surface area (Å²) in [5.41, 5.74) is 2.39. The molecule has 0 heterocycles. The molecule has 0 aliphatic carbocycles. The Labute approximate surface area is 163 Å². The fraction of sp³-hybridized carbons (Fsp3) is 0.136. The van der Waals surface area contributed by atoms with Gasteiger partial charge in [-0.05, 0) is 48.9 Å². The standard InChI is InChI=1S/C22H22N2O2S/c1-16(23-18-9-7-8-17(14-18)15-25)22(26)24-20-12-5-6-13-21(20)27-19-10-3-2-4-11-19/h2-14,16,23,25H,15H2,1H3,(H,24,26). The van der Waals surface area contributed by atoms with Crippen molar-refractivity contribution in [1.82, 2.24) is 0 Å². The topological polar surface area (TPSA) is 61.4 Å². The third kappa shape index (κ3) is 5.36. The maximum Gasteiger partial charge on any atom is 0.246 e. The van der Waals surface area contributed by atoms with Crippen LogP contribution in [0.5, 0.6) is 0 Å². The summed E-state index contributed by atoms with van der Waals surface area (Å²) in [6.45, 7) is 1.79. The van der Waals surface area contributed by atoms with Gasteiger partial charge in [0.05, 0.1) is 12.3 Å². The highest BCUT2D eigenvalue weighted by Crippen LogP contribution is 2.33. The van der Waals surface area contributed by atoms with Crippen molar-refractivity contribution in [2.24, 2.45) is 0 Å². The molecule has 5 heteroatoms. The average Bonchev–Trinajstić information content (AvgIpc) is 2.70. The third-order valence-corrected chi connectivity index (χ3v) is 5.09. The lowest BCUT2D eigenvalue weighted by Crippen LogP contribution is -2.32. The van der Waals surface area contributed by atoms with Crippen molar-refractivity contribution in [3.8, 4) is 0 Å². The number of nitrogens with one attached hydrogen (secondary N) is 2. The Bertz CT molecular complexity index is 900. The van der Waals surface area contributed by atoms with Gasteiger partial charge < -0.3 is 15.7 Å². The first-order chi connectivity index (χ1) is 13.2. The van der Waals surface area contributed by atoms with Crippen molar-refractivity contribution in [2.45, 2.75) is 29.4 Å². The highest BCUT2D eigenvalue weighted by Gasteiger charge is 2.15. The number of benzene rings is 3. The van der Waals surface area contributed by atoms with Crippen molar-refractivity contribution in [2.75, 3.05) is 10.6 Å². The van der Waals surface area contributed by atoms with Crippen LogP contribution in [0.3, 0.4) is 0 Å². The smallest absolute Gasteiger partial charge is 0.246 e. The van der Waals surface area contributed by atoms with E-state index >= 15 is 0 Å². The van der Waals surface area contributed by atoms with Crippen molar-refractivity contribution in [1.29, 1.82) is 0 Å². The van der Waals surface area contributed by atoms with E-state index in [-0.39, 0.29) is 12.5 Å². The van der Waals surface area contributed by atoms with Crippen LogP contribution < -0.4 is 10.6 Å². The Morgan fingerprint density at radius 3 is 2.52 bits per heavy atom. The number of anilines is 2. The summed E-state index contributed by atoms with van der Waals surface area (Å²) in [6, 6.07) is 24.8. The van der Waals surface area contributed by atoms with Gasteiger partial charge in [0.25, 0.3) is 0 Å². The molecule has 3 rings (SSSR count). The predicted octanol–water partition coefficient (Wildman–Crippen LogP) is 4.77. The van der Waals surface area contributed by atoms with Gasteiger partial charge >= 0.3 is 0 Å². The Kier molecular flexibility index (Phi) is 6.52. The Balaban J connectivity index is 1.68. The molecular weight excluding hydrogens is 356 g/mol. The zero-order valence-electron chi connectivity index (χ0n) is 15.1. The molecule has 0 saturated carbocycles. The van der Waals surface area contributed by atoms with Crippen LogP contribution >= 0.6 is 11.8 Å². The number of amides is 1. The molecule has 3 aromatic rings. The Morgan fingerprint density at radius 1 is 1.00 bits per heavy atom. The normalized spacial score (nSPS) is 11.6. The van der Waals surface area contributed by atoms with Crippen molar-refractivity contribution in [3.05, 3.63) is 84.4 Å². The second-order valence-electron chi connectivity index (χ2n) is 6.13. The minimum Gasteiger partial charge on any atom is -0.392 e. The highest BCUT2D eigenvalue weighted by atomic mass is 32.2. The SMILES string of the molecule is CC(Nc1cccc(CO)c1)C(=O)Nc1ccccc1Sc1ccccc1. The van der Waals surface area contributed by atoms with Gasteiger partial charge in [0.1, 0.15) is 6.04 Å². The molecule has 0 aliphatic heterocycles. The quantitative estimate of drug-likeness (QED) is 0.554. The monoisotopic (exact) mass is 378 g/mol. The van der Waals surface area contributed by atoms with Crippen molar-refractivity contribution in [3.63, 3.8) is 0 Å². The summed E-state index contributed by atoms with van der Waals surface area (Å²) in [6.07, 6.45) is 0. The molecule has 0 bridgehead atoms. The van der Waals surface area contributed by atoms with E-state index in [2.05, 4.69) is 10.6 Å². The first kappa shape index (κ1) is 19.0. The van der Waals surface area contributed by atoms with Crippen molar-refractivity contribution < 1.29 is 9.90 Å². The predicted molar refractivity (Wildman–Crippen MR) is 111 cm³/mol. The van der Waals surface area contributed by atoms with Crippen LogP contribution in [0.25, 0.3) is 0 Å². The molecule has 0 aromatic heterocycles. The molecular formula is C22H22N2O2S. The summed E-state index contributed by atoms with van der Waals surface area (Å²) in [5, 5.41) is 15.4. The molecule has 0 aliphatic rings. The Morgan fingerprint density at radius 2 is 1.74 bits per heavy atom. The fourth-order valence-electron chi connectivity index (χ4n) is 2.59. The van der Waals surface area contributed by atoms with Crippen LogP contribution in [0.2, 0.25) is 0 Å². The van der Waals surface area contributed by atoms with E-state index in [9.17, 15) is 9.90 Å². The lowest BCUT2D eigenvalue weighted by Gasteiger charge is -2.17. The summed E-state index contributed by atoms with van der Waals surface area (Å²) >= 11 is 1.61. The second kappa shape index (κ2) is 9.26. The lowest BCUT2D eigenvalue weighted by atomic mass is 10.2. The second-order valence-corrected chi connectivity index (χ2v) is 7.24. The number of hydrogen-bond donors (Lipinski definition) is 3. The van der Waals surface area contributed by atoms with Crippen LogP contribution in [-0.4, -0.2) is 17.1 Å². The zero-order valence-corrected chi connectivity index (χ0v) is 15.9. The molecule has 4 nitrogen and oxygen atoms in total. The molecule has 1 amide bonds. The summed E-state index contributed by atoms with van der Waals surface area (Å²) in [5.74, 6) is -0.120. The molecule has 27 heavy (non-hydrogen) atoms. The van der Waals surface area contributed by atoms with E-state index in [1.54, 1.807) is 11.8 Å². The highest BCUT2D eigenvalue weighted by molar-refractivity contribution is 7.99. The van der Waals surface area contributed by atoms with E-state index in [0.717, 1.165) is 26.7 Å². The zero-order chi connectivity index (χ0) is 19.1. The molecule has 1 atom stereocenters. The number of aliphatic hydroxyl groups excluding tert-OH is 1. The molecule has 1 unspecified atom stereocenters. The van der Waals surface area contributed by atoms with Gasteiger partial charge in [-0.1, -0.05) is 54.2 Å². The molecule has 0 spiro atoms. The van der Waals surface area contributed by atoms with Gasteiger partial charge in [-0.25, -0.2) is 0 Å². The number of carbonyl (C=O) groups is 1. The molecule has 0 fully saturated rings. The van der Waals surface area contributed by atoms with E-state index in [4.69, 9.17) is 0 Å². The molecule has 3 aromatic carbocycles. The van der Waals surface area contributed by atoms with Gasteiger partial charge in [-0.15, -0.1) is 0 Å². The molecule has 0 radical (unpaired) electrons. The minimum atomic E-state index is -0.422. The minimum absolute atomic E-state index is 0.0276. The van der Waals surface area contributed by atoms with Crippen LogP contribution in [0.1, 0.15) is 12.5 Å². The summed E-state index contributed by atoms with van der Waals surface area (Å²) in [7, 11) is 0. The largest absolute Gasteiger partial charge is 0.392 e. The Hall–Kier alpha value is -2.76. The summed E-state index contributed by atoms with van der Waals surface area (Å²) < 4.78 is 0. The molecule has 0 saturated heterocycles. The van der Waals surface area contributed by atoms with E-state index < -0.39 is 6.04 Å². The molecule has 3 N–H and O–H groups in total. The van der Waals surface area contributed by atoms with Gasteiger partial charge in [0.15, 0.2) is 0 Å². The number of aliphatic hydroxyl groups is 1. The first-order valence-electron chi connectivity index (χ1n) is 8.75. The fourth-order valence-corrected chi connectivity index (χ4v) is 3.51. The first-order valence-corrected chi connectivity index (χ1v) is 9.56. The van der Waals surface area contributed by atoms with Crippen LogP contribution in [0, 0.1) is 0 Å². The van der Waals surface area contributed by atoms with Crippen LogP contribution in [0.4, 0.5) is 11.4 Å². The maximum atomic E-state index is 12.6. The number of rotatable bonds is 7. The van der Waals surface area contributed by atoms with Gasteiger partial charge in [0.2, 0.25) is 5.91 Å². The van der Waals surface area contributed by atoms with Crippen molar-refractivity contribution >= 4 is 29.0 Å². The lowest BCUT2D eigenvalue weighted by molar-refractivity contribution is -0.116. The van der Waals surface area contributed by atoms with E-state index in [0.29, 0.717) is 0 Å². The maximum absolute atomic E-state index is 12.6.